The summed E-state index contributed by atoms with van der Waals surface area (Å²) in [6.07, 6.45) is -2.41. The number of fused-ring (bicyclic) bond motifs is 1. The standard InChI is InChI=1S/C10H13N5O8P2S/c11-8-5-9(13-2-12-8)15(3-14-5)10-7(17)6(16)4(22-10)1-21-24(18)23-25(19,20)26/h2-4,6-7,10,16-17H,1H2,(H3-,11,12,13,19,20,26)/p+1/t4-,6-,7-,10-/m1/s1. The predicted molar refractivity (Wildman–Crippen MR) is 89.0 cm³/mol. The molecule has 3 heterocycles. The lowest BCUT2D eigenvalue weighted by Gasteiger charge is -2.16. The van der Waals surface area contributed by atoms with Crippen molar-refractivity contribution < 1.29 is 38.1 Å². The zero-order valence-corrected chi connectivity index (χ0v) is 15.4. The molecule has 0 spiro atoms. The van der Waals surface area contributed by atoms with Gasteiger partial charge in [-0.25, -0.2) is 15.0 Å². The topological polar surface area (TPSA) is 195 Å². The Morgan fingerprint density at radius 2 is 2.08 bits per heavy atom. The molecule has 1 unspecified atom stereocenters. The second-order valence-electron chi connectivity index (χ2n) is 5.22. The van der Waals surface area contributed by atoms with Gasteiger partial charge in [0.1, 0.15) is 36.8 Å². The maximum atomic E-state index is 11.4. The molecule has 2 aromatic rings. The number of anilines is 1. The molecule has 2 aromatic heterocycles. The van der Waals surface area contributed by atoms with Gasteiger partial charge in [0, 0.05) is 4.57 Å². The minimum atomic E-state index is -4.16. The fourth-order valence-electron chi connectivity index (χ4n) is 2.40. The second kappa shape index (κ2) is 7.44. The van der Waals surface area contributed by atoms with Gasteiger partial charge in [-0.15, -0.1) is 4.52 Å². The predicted octanol–water partition coefficient (Wildman–Crippen LogP) is -1.07. The van der Waals surface area contributed by atoms with Gasteiger partial charge in [0.05, 0.1) is 6.33 Å². The van der Waals surface area contributed by atoms with Gasteiger partial charge in [-0.05, 0) is 16.1 Å². The lowest BCUT2D eigenvalue weighted by molar-refractivity contribution is -0.0475. The largest absolute Gasteiger partial charge is 0.706 e. The first-order chi connectivity index (χ1) is 12.2. The molecule has 0 bridgehead atoms. The highest BCUT2D eigenvalue weighted by Crippen LogP contribution is 2.48. The average molecular weight is 426 g/mol. The average Bonchev–Trinajstić information content (AvgIpc) is 3.08. The van der Waals surface area contributed by atoms with Gasteiger partial charge < -0.3 is 30.5 Å². The number of ether oxygens (including phenoxy) is 1. The lowest BCUT2D eigenvalue weighted by Crippen LogP contribution is -2.33. The van der Waals surface area contributed by atoms with Crippen LogP contribution in [0.4, 0.5) is 5.82 Å². The number of hydrogen-bond acceptors (Lipinski definition) is 11. The first-order valence-corrected chi connectivity index (χ1v) is 10.7. The van der Waals surface area contributed by atoms with Crippen molar-refractivity contribution in [1.82, 2.24) is 19.5 Å². The van der Waals surface area contributed by atoms with Gasteiger partial charge >= 0.3 is 15.0 Å². The van der Waals surface area contributed by atoms with Crippen molar-refractivity contribution in [3.8, 4) is 0 Å². The molecule has 1 aliphatic heterocycles. The Balaban J connectivity index is 1.72. The van der Waals surface area contributed by atoms with Crippen LogP contribution in [-0.4, -0.2) is 64.4 Å². The molecule has 3 rings (SSSR count). The van der Waals surface area contributed by atoms with Crippen LogP contribution in [0.2, 0.25) is 0 Å². The molecule has 5 atom stereocenters. The first-order valence-electron chi connectivity index (χ1n) is 6.97. The van der Waals surface area contributed by atoms with E-state index in [1.165, 1.54) is 17.2 Å². The maximum absolute atomic E-state index is 11.4. The van der Waals surface area contributed by atoms with Crippen molar-refractivity contribution in [2.24, 2.45) is 0 Å². The number of rotatable bonds is 6. The van der Waals surface area contributed by atoms with Gasteiger partial charge in [-0.1, -0.05) is 0 Å². The van der Waals surface area contributed by atoms with Crippen molar-refractivity contribution in [3.05, 3.63) is 12.7 Å². The smallest absolute Gasteiger partial charge is 0.387 e. The molecule has 13 nitrogen and oxygen atoms in total. The summed E-state index contributed by atoms with van der Waals surface area (Å²) in [5, 5.41) is 20.3. The van der Waals surface area contributed by atoms with Crippen LogP contribution in [0.5, 0.6) is 0 Å². The Bertz CT molecular complexity index is 876. The fourth-order valence-corrected chi connectivity index (χ4v) is 4.04. The Kier molecular flexibility index (Phi) is 5.61. The van der Waals surface area contributed by atoms with Crippen molar-refractivity contribution in [1.29, 1.82) is 0 Å². The van der Waals surface area contributed by atoms with Gasteiger partial charge in [0.2, 0.25) is 0 Å². The number of nitrogen functional groups attached to an aromatic ring is 1. The van der Waals surface area contributed by atoms with Gasteiger partial charge in [-0.2, -0.15) is 0 Å². The van der Waals surface area contributed by atoms with E-state index in [0.29, 0.717) is 5.52 Å². The molecule has 1 saturated heterocycles. The van der Waals surface area contributed by atoms with Crippen LogP contribution in [-0.2, 0) is 29.9 Å². The Morgan fingerprint density at radius 1 is 1.35 bits per heavy atom. The third-order valence-electron chi connectivity index (χ3n) is 3.52. The molecule has 26 heavy (non-hydrogen) atoms. The second-order valence-corrected chi connectivity index (χ2v) is 8.99. The number of imidazole rings is 1. The third-order valence-corrected chi connectivity index (χ3v) is 5.86. The molecule has 1 aliphatic rings. The van der Waals surface area contributed by atoms with E-state index < -0.39 is 46.1 Å². The molecule has 0 radical (unpaired) electrons. The van der Waals surface area contributed by atoms with E-state index >= 15 is 0 Å². The SMILES string of the molecule is Nc1ncnc2c1ncn2[C@@H]1O[C@H](CO[P+](=O)OP(O)(O)=S)[C@@H](O)[C@H]1O. The van der Waals surface area contributed by atoms with Crippen LogP contribution in [0.3, 0.4) is 0 Å². The molecule has 0 saturated carbocycles. The van der Waals surface area contributed by atoms with E-state index in [1.54, 1.807) is 0 Å². The van der Waals surface area contributed by atoms with Crippen LogP contribution >= 0.6 is 15.0 Å². The van der Waals surface area contributed by atoms with Crippen LogP contribution in [0.25, 0.3) is 11.2 Å². The fraction of sp³-hybridized carbons (Fsp3) is 0.500. The quantitative estimate of drug-likeness (QED) is 0.351. The molecule has 16 heteroatoms. The molecule has 6 N–H and O–H groups in total. The van der Waals surface area contributed by atoms with E-state index in [0.717, 1.165) is 0 Å². The Morgan fingerprint density at radius 3 is 2.77 bits per heavy atom. The highest BCUT2D eigenvalue weighted by atomic mass is 32.5. The van der Waals surface area contributed by atoms with Crippen molar-refractivity contribution in [2.75, 3.05) is 12.3 Å². The monoisotopic (exact) mass is 426 g/mol. The Hall–Kier alpha value is -1.18. The zero-order chi connectivity index (χ0) is 19.1. The lowest BCUT2D eigenvalue weighted by atomic mass is 10.1. The van der Waals surface area contributed by atoms with Gasteiger partial charge in [0.25, 0.3) is 0 Å². The minimum Gasteiger partial charge on any atom is -0.387 e. The first kappa shape index (κ1) is 19.6. The third kappa shape index (κ3) is 4.05. The summed E-state index contributed by atoms with van der Waals surface area (Å²) in [5.41, 5.74) is 6.28. The summed E-state index contributed by atoms with van der Waals surface area (Å²) in [4.78, 5) is 29.7. The van der Waals surface area contributed by atoms with Crippen molar-refractivity contribution in [3.63, 3.8) is 0 Å². The van der Waals surface area contributed by atoms with Crippen molar-refractivity contribution >= 4 is 43.8 Å². The van der Waals surface area contributed by atoms with E-state index in [4.69, 9.17) is 24.8 Å². The highest BCUT2D eigenvalue weighted by Gasteiger charge is 2.46. The van der Waals surface area contributed by atoms with Crippen LogP contribution in [0, 0.1) is 0 Å². The molecule has 142 valence electrons. The van der Waals surface area contributed by atoms with Crippen LogP contribution < -0.4 is 5.73 Å². The summed E-state index contributed by atoms with van der Waals surface area (Å²) in [7, 11) is -2.94. The molecule has 0 aromatic carbocycles. The summed E-state index contributed by atoms with van der Waals surface area (Å²) >= 11 is 4.16. The molecular weight excluding hydrogens is 412 g/mol. The number of hydrogen-bond donors (Lipinski definition) is 5. The summed E-state index contributed by atoms with van der Waals surface area (Å²) < 4.78 is 27.3. The van der Waals surface area contributed by atoms with E-state index in [-0.39, 0.29) is 11.5 Å². The maximum Gasteiger partial charge on any atom is 0.706 e. The number of aliphatic hydroxyl groups is 2. The number of nitrogens with zero attached hydrogens (tertiary/aromatic N) is 4. The number of aromatic nitrogens is 4. The highest BCUT2D eigenvalue weighted by molar-refractivity contribution is 8.07. The van der Waals surface area contributed by atoms with Gasteiger partial charge in [-0.3, -0.25) is 4.57 Å². The molecule has 1 fully saturated rings. The number of nitrogens with two attached hydrogens (primary N) is 1. The zero-order valence-electron chi connectivity index (χ0n) is 12.8. The molecule has 0 amide bonds. The van der Waals surface area contributed by atoms with E-state index in [1.807, 2.05) is 0 Å². The molecular formula is C10H14N5O8P2S+. The summed E-state index contributed by atoms with van der Waals surface area (Å²) in [5.74, 6) is 0.138. The summed E-state index contributed by atoms with van der Waals surface area (Å²) in [6.45, 7) is -4.63. The van der Waals surface area contributed by atoms with Crippen LogP contribution in [0.1, 0.15) is 6.23 Å². The van der Waals surface area contributed by atoms with Gasteiger partial charge in [0.15, 0.2) is 17.7 Å². The van der Waals surface area contributed by atoms with E-state index in [2.05, 4.69) is 31.1 Å². The number of aliphatic hydroxyl groups excluding tert-OH is 2. The minimum absolute atomic E-state index is 0.138. The van der Waals surface area contributed by atoms with Crippen LogP contribution in [0.15, 0.2) is 12.7 Å². The van der Waals surface area contributed by atoms with E-state index in [9.17, 15) is 14.8 Å². The normalized spacial score (nSPS) is 27.2. The Labute approximate surface area is 151 Å². The summed E-state index contributed by atoms with van der Waals surface area (Å²) in [6, 6.07) is 0. The van der Waals surface area contributed by atoms with Crippen molar-refractivity contribution in [2.45, 2.75) is 24.5 Å². The molecule has 0 aliphatic carbocycles.